The molecule has 0 saturated heterocycles. The molecule has 0 aromatic carbocycles. The Kier molecular flexibility index (Phi) is 3.18. The Morgan fingerprint density at radius 2 is 2.14 bits per heavy atom. The van der Waals surface area contributed by atoms with E-state index in [0.29, 0.717) is 5.25 Å². The molecule has 0 atom stereocenters. The summed E-state index contributed by atoms with van der Waals surface area (Å²) < 4.78 is 1.42. The van der Waals surface area contributed by atoms with E-state index in [-0.39, 0.29) is 10.8 Å². The second kappa shape index (κ2) is 4.40. The van der Waals surface area contributed by atoms with Crippen LogP contribution in [-0.2, 0) is 0 Å². The molecule has 1 saturated carbocycles. The maximum atomic E-state index is 11.3. The largest absolute Gasteiger partial charge is 0.493 e. The Labute approximate surface area is 90.9 Å². The molecule has 14 heavy (non-hydrogen) atoms. The summed E-state index contributed by atoms with van der Waals surface area (Å²) in [6.45, 7) is 0. The van der Waals surface area contributed by atoms with Crippen LogP contribution in [0.1, 0.15) is 32.1 Å². The number of aromatic nitrogens is 1. The highest BCUT2D eigenvalue weighted by Gasteiger charge is 2.17. The molecule has 5 heteroatoms. The summed E-state index contributed by atoms with van der Waals surface area (Å²) in [7, 11) is 0. The molecule has 1 fully saturated rings. The van der Waals surface area contributed by atoms with Crippen LogP contribution in [0, 0.1) is 0 Å². The quantitative estimate of drug-likeness (QED) is 0.850. The van der Waals surface area contributed by atoms with Gasteiger partial charge in [0, 0.05) is 5.25 Å². The van der Waals surface area contributed by atoms with Gasteiger partial charge in [0.25, 0.3) is 0 Å². The molecule has 0 unspecified atom stereocenters. The first-order valence-electron chi connectivity index (χ1n) is 4.84. The van der Waals surface area contributed by atoms with Crippen LogP contribution in [0.4, 0.5) is 0 Å². The lowest BCUT2D eigenvalue weighted by atomic mass is 10.0. The summed E-state index contributed by atoms with van der Waals surface area (Å²) in [5.41, 5.74) is 0. The maximum Gasteiger partial charge on any atom is 0.320 e. The first-order valence-corrected chi connectivity index (χ1v) is 6.55. The van der Waals surface area contributed by atoms with Crippen LogP contribution in [0.3, 0.4) is 0 Å². The lowest BCUT2D eigenvalue weighted by Crippen LogP contribution is -2.15. The third-order valence-electron chi connectivity index (χ3n) is 2.45. The van der Waals surface area contributed by atoms with Gasteiger partial charge in [-0.25, -0.2) is 3.97 Å². The standard InChI is InChI=1S/C9H13NO2S2/c11-8-6-13-9(12)10(8)14-7-4-2-1-3-5-7/h6-7,11H,1-5H2. The van der Waals surface area contributed by atoms with Crippen molar-refractivity contribution >= 4 is 23.3 Å². The van der Waals surface area contributed by atoms with Crippen LogP contribution in [0.2, 0.25) is 0 Å². The molecule has 1 heterocycles. The van der Waals surface area contributed by atoms with Gasteiger partial charge < -0.3 is 5.11 Å². The fraction of sp³-hybridized carbons (Fsp3) is 0.667. The number of hydrogen-bond acceptors (Lipinski definition) is 4. The van der Waals surface area contributed by atoms with Gasteiger partial charge in [0.1, 0.15) is 0 Å². The molecule has 0 aliphatic heterocycles. The fourth-order valence-corrected chi connectivity index (χ4v) is 3.62. The average Bonchev–Trinajstić information content (AvgIpc) is 2.51. The summed E-state index contributed by atoms with van der Waals surface area (Å²) in [4.78, 5) is 11.2. The monoisotopic (exact) mass is 231 g/mol. The smallest absolute Gasteiger partial charge is 0.320 e. The highest BCUT2D eigenvalue weighted by Crippen LogP contribution is 2.30. The van der Waals surface area contributed by atoms with Crippen LogP contribution in [-0.4, -0.2) is 14.3 Å². The predicted octanol–water partition coefficient (Wildman–Crippen LogP) is 2.44. The van der Waals surface area contributed by atoms with Gasteiger partial charge in [-0.3, -0.25) is 4.79 Å². The van der Waals surface area contributed by atoms with Gasteiger partial charge in [-0.1, -0.05) is 30.6 Å². The second-order valence-corrected chi connectivity index (χ2v) is 5.58. The Morgan fingerprint density at radius 3 is 2.71 bits per heavy atom. The number of rotatable bonds is 2. The first kappa shape index (κ1) is 10.1. The molecule has 1 N–H and O–H groups in total. The number of aromatic hydroxyl groups is 1. The van der Waals surface area contributed by atoms with Crippen LogP contribution in [0.25, 0.3) is 0 Å². The van der Waals surface area contributed by atoms with E-state index in [2.05, 4.69) is 0 Å². The van der Waals surface area contributed by atoms with E-state index in [1.54, 1.807) is 0 Å². The third-order valence-corrected chi connectivity index (χ3v) is 4.61. The van der Waals surface area contributed by atoms with E-state index in [1.165, 1.54) is 40.6 Å². The summed E-state index contributed by atoms with van der Waals surface area (Å²) in [5, 5.41) is 11.4. The zero-order chi connectivity index (χ0) is 9.97. The molecule has 1 aliphatic rings. The molecule has 0 bridgehead atoms. The van der Waals surface area contributed by atoms with E-state index in [1.807, 2.05) is 0 Å². The molecular weight excluding hydrogens is 218 g/mol. The predicted molar refractivity (Wildman–Crippen MR) is 60.1 cm³/mol. The molecule has 0 spiro atoms. The summed E-state index contributed by atoms with van der Waals surface area (Å²) >= 11 is 2.55. The van der Waals surface area contributed by atoms with Crippen molar-refractivity contribution in [1.82, 2.24) is 3.97 Å². The maximum absolute atomic E-state index is 11.3. The molecule has 78 valence electrons. The third kappa shape index (κ3) is 2.15. The summed E-state index contributed by atoms with van der Waals surface area (Å²) in [5.74, 6) is 0.0931. The van der Waals surface area contributed by atoms with Crippen molar-refractivity contribution in [2.24, 2.45) is 0 Å². The zero-order valence-electron chi connectivity index (χ0n) is 7.81. The fourth-order valence-electron chi connectivity index (χ4n) is 1.71. The molecule has 1 aromatic heterocycles. The van der Waals surface area contributed by atoms with E-state index in [4.69, 9.17) is 0 Å². The number of hydrogen-bond donors (Lipinski definition) is 1. The van der Waals surface area contributed by atoms with Crippen LogP contribution < -0.4 is 4.87 Å². The topological polar surface area (TPSA) is 42.2 Å². The summed E-state index contributed by atoms with van der Waals surface area (Å²) in [6.07, 6.45) is 6.12. The van der Waals surface area contributed by atoms with Gasteiger partial charge in [0.2, 0.25) is 5.88 Å². The minimum Gasteiger partial charge on any atom is -0.493 e. The van der Waals surface area contributed by atoms with Gasteiger partial charge in [0.15, 0.2) is 0 Å². The Hall–Kier alpha value is -0.420. The highest BCUT2D eigenvalue weighted by molar-refractivity contribution is 7.98. The SMILES string of the molecule is O=c1scc(O)n1SC1CCCCC1. The van der Waals surface area contributed by atoms with Gasteiger partial charge in [-0.15, -0.1) is 0 Å². The van der Waals surface area contributed by atoms with Crippen LogP contribution >= 0.6 is 23.3 Å². The van der Waals surface area contributed by atoms with Gasteiger partial charge in [0.05, 0.1) is 5.38 Å². The Bertz CT molecular complexity index is 352. The molecule has 0 radical (unpaired) electrons. The zero-order valence-corrected chi connectivity index (χ0v) is 9.44. The van der Waals surface area contributed by atoms with E-state index in [9.17, 15) is 9.90 Å². The highest BCUT2D eigenvalue weighted by atomic mass is 32.2. The second-order valence-electron chi connectivity index (χ2n) is 3.52. The molecule has 0 amide bonds. The van der Waals surface area contributed by atoms with Crippen molar-refractivity contribution in [3.63, 3.8) is 0 Å². The van der Waals surface area contributed by atoms with Crippen molar-refractivity contribution in [1.29, 1.82) is 0 Å². The van der Waals surface area contributed by atoms with E-state index >= 15 is 0 Å². The number of nitrogens with zero attached hydrogens (tertiary/aromatic N) is 1. The van der Waals surface area contributed by atoms with Crippen molar-refractivity contribution in [2.75, 3.05) is 0 Å². The van der Waals surface area contributed by atoms with Crippen molar-refractivity contribution in [2.45, 2.75) is 37.4 Å². The van der Waals surface area contributed by atoms with Crippen molar-refractivity contribution in [3.05, 3.63) is 15.0 Å². The van der Waals surface area contributed by atoms with E-state index in [0.717, 1.165) is 24.2 Å². The molecular formula is C9H13NO2S2. The Morgan fingerprint density at radius 1 is 1.43 bits per heavy atom. The van der Waals surface area contributed by atoms with Crippen molar-refractivity contribution in [3.8, 4) is 5.88 Å². The van der Waals surface area contributed by atoms with Crippen LogP contribution in [0.5, 0.6) is 5.88 Å². The minimum absolute atomic E-state index is 0.0712. The minimum atomic E-state index is -0.0712. The lowest BCUT2D eigenvalue weighted by molar-refractivity contribution is 0.448. The lowest BCUT2D eigenvalue weighted by Gasteiger charge is -2.20. The van der Waals surface area contributed by atoms with Gasteiger partial charge in [-0.2, -0.15) is 0 Å². The van der Waals surface area contributed by atoms with Gasteiger partial charge >= 0.3 is 4.87 Å². The molecule has 1 aliphatic carbocycles. The molecule has 3 nitrogen and oxygen atoms in total. The molecule has 1 aromatic rings. The number of thiazole rings is 1. The van der Waals surface area contributed by atoms with Gasteiger partial charge in [-0.05, 0) is 24.8 Å². The van der Waals surface area contributed by atoms with Crippen molar-refractivity contribution < 1.29 is 5.11 Å². The van der Waals surface area contributed by atoms with E-state index < -0.39 is 0 Å². The van der Waals surface area contributed by atoms with Crippen LogP contribution in [0.15, 0.2) is 10.2 Å². The molecule has 2 rings (SSSR count). The normalized spacial score (nSPS) is 18.6. The Balaban J connectivity index is 2.06. The first-order chi connectivity index (χ1) is 6.77. The average molecular weight is 231 g/mol. The summed E-state index contributed by atoms with van der Waals surface area (Å²) in [6, 6.07) is 0.